The molecule has 0 bridgehead atoms. The molecule has 148 valence electrons. The van der Waals surface area contributed by atoms with Crippen LogP contribution in [0.2, 0.25) is 0 Å². The molecule has 0 atom stereocenters. The van der Waals surface area contributed by atoms with E-state index >= 15 is 0 Å². The van der Waals surface area contributed by atoms with Gasteiger partial charge < -0.3 is 15.1 Å². The van der Waals surface area contributed by atoms with Crippen LogP contribution in [0.3, 0.4) is 0 Å². The third kappa shape index (κ3) is 4.48. The number of hydrogen-bond donors (Lipinski definition) is 1. The fraction of sp³-hybridized carbons (Fsp3) is 0.238. The van der Waals surface area contributed by atoms with Crippen molar-refractivity contribution in [3.05, 3.63) is 71.7 Å². The number of hydrogen-bond acceptors (Lipinski definition) is 6. The Hall–Kier alpha value is -3.55. The van der Waals surface area contributed by atoms with E-state index < -0.39 is 5.82 Å². The van der Waals surface area contributed by atoms with Crippen LogP contribution in [-0.2, 0) is 0 Å². The first-order valence-electron chi connectivity index (χ1n) is 9.42. The largest absolute Gasteiger partial charge is 0.352 e. The molecule has 1 fully saturated rings. The lowest BCUT2D eigenvalue weighted by Crippen LogP contribution is -2.49. The molecule has 0 aliphatic carbocycles. The molecule has 0 saturated carbocycles. The standard InChI is InChI=1S/C21H21FN6O/c1-15-5-6-18(23-14-15)24-19-7-8-20(26-25-19)27-9-11-28(12-10-27)21(29)16-3-2-4-17(22)13-16/h2-8,13-14H,9-12H2,1H3,(H,23,24,25). The molecule has 1 aliphatic rings. The van der Waals surface area contributed by atoms with E-state index in [1.807, 2.05) is 31.2 Å². The van der Waals surface area contributed by atoms with Gasteiger partial charge in [0.1, 0.15) is 11.6 Å². The maximum atomic E-state index is 13.4. The fourth-order valence-corrected chi connectivity index (χ4v) is 3.18. The van der Waals surface area contributed by atoms with E-state index in [1.165, 1.54) is 12.1 Å². The van der Waals surface area contributed by atoms with E-state index in [4.69, 9.17) is 0 Å². The Kier molecular flexibility index (Phi) is 5.33. The molecule has 29 heavy (non-hydrogen) atoms. The Labute approximate surface area is 168 Å². The predicted octanol–water partition coefficient (Wildman–Crippen LogP) is 3.03. The molecule has 0 spiro atoms. The molecule has 0 radical (unpaired) electrons. The van der Waals surface area contributed by atoms with Crippen LogP contribution in [0.15, 0.2) is 54.7 Å². The summed E-state index contributed by atoms with van der Waals surface area (Å²) >= 11 is 0. The van der Waals surface area contributed by atoms with Crippen LogP contribution in [0.5, 0.6) is 0 Å². The molecule has 3 heterocycles. The molecule has 4 rings (SSSR count). The summed E-state index contributed by atoms with van der Waals surface area (Å²) in [7, 11) is 0. The third-order valence-corrected chi connectivity index (χ3v) is 4.78. The lowest BCUT2D eigenvalue weighted by atomic mass is 10.1. The highest BCUT2D eigenvalue weighted by atomic mass is 19.1. The summed E-state index contributed by atoms with van der Waals surface area (Å²) in [5.41, 5.74) is 1.46. The molecule has 7 nitrogen and oxygen atoms in total. The zero-order valence-corrected chi connectivity index (χ0v) is 16.0. The Morgan fingerprint density at radius 2 is 1.79 bits per heavy atom. The van der Waals surface area contributed by atoms with Gasteiger partial charge in [0.05, 0.1) is 0 Å². The first kappa shape index (κ1) is 18.8. The number of rotatable bonds is 4. The molecule has 1 aliphatic heterocycles. The number of nitrogens with zero attached hydrogens (tertiary/aromatic N) is 5. The fourth-order valence-electron chi connectivity index (χ4n) is 3.18. The van der Waals surface area contributed by atoms with Crippen LogP contribution in [0.1, 0.15) is 15.9 Å². The number of aromatic nitrogens is 3. The summed E-state index contributed by atoms with van der Waals surface area (Å²) in [5.74, 6) is 1.53. The van der Waals surface area contributed by atoms with Gasteiger partial charge in [0, 0.05) is 37.9 Å². The van der Waals surface area contributed by atoms with Crippen molar-refractivity contribution in [1.82, 2.24) is 20.1 Å². The predicted molar refractivity (Wildman–Crippen MR) is 109 cm³/mol. The number of anilines is 3. The number of benzene rings is 1. The van der Waals surface area contributed by atoms with Crippen LogP contribution < -0.4 is 10.2 Å². The summed E-state index contributed by atoms with van der Waals surface area (Å²) in [6, 6.07) is 13.4. The second-order valence-electron chi connectivity index (χ2n) is 6.91. The van der Waals surface area contributed by atoms with Crippen molar-refractivity contribution in [1.29, 1.82) is 0 Å². The van der Waals surface area contributed by atoms with Crippen molar-refractivity contribution in [3.63, 3.8) is 0 Å². The molecule has 1 aromatic carbocycles. The van der Waals surface area contributed by atoms with Crippen LogP contribution >= 0.6 is 0 Å². The molecule has 2 aromatic heterocycles. The van der Waals surface area contributed by atoms with Crippen molar-refractivity contribution in [2.45, 2.75) is 6.92 Å². The highest BCUT2D eigenvalue weighted by molar-refractivity contribution is 5.94. The summed E-state index contributed by atoms with van der Waals surface area (Å²) in [6.45, 7) is 4.36. The maximum absolute atomic E-state index is 13.4. The minimum absolute atomic E-state index is 0.152. The van der Waals surface area contributed by atoms with Gasteiger partial charge in [-0.25, -0.2) is 9.37 Å². The monoisotopic (exact) mass is 392 g/mol. The first-order valence-corrected chi connectivity index (χ1v) is 9.42. The average Bonchev–Trinajstić information content (AvgIpc) is 2.75. The minimum atomic E-state index is -0.403. The highest BCUT2D eigenvalue weighted by Gasteiger charge is 2.23. The summed E-state index contributed by atoms with van der Waals surface area (Å²) in [6.07, 6.45) is 1.79. The van der Waals surface area contributed by atoms with Gasteiger partial charge in [-0.2, -0.15) is 0 Å². The zero-order chi connectivity index (χ0) is 20.2. The third-order valence-electron chi connectivity index (χ3n) is 4.78. The highest BCUT2D eigenvalue weighted by Crippen LogP contribution is 2.18. The van der Waals surface area contributed by atoms with Gasteiger partial charge in [0.15, 0.2) is 11.6 Å². The van der Waals surface area contributed by atoms with Crippen molar-refractivity contribution < 1.29 is 9.18 Å². The van der Waals surface area contributed by atoms with E-state index in [0.717, 1.165) is 11.4 Å². The molecule has 0 unspecified atom stereocenters. The SMILES string of the molecule is Cc1ccc(Nc2ccc(N3CCN(C(=O)c4cccc(F)c4)CC3)nn2)nc1. The van der Waals surface area contributed by atoms with Crippen molar-refractivity contribution in [2.75, 3.05) is 36.4 Å². The quantitative estimate of drug-likeness (QED) is 0.736. The Bertz CT molecular complexity index is 985. The number of piperazine rings is 1. The van der Waals surface area contributed by atoms with Crippen LogP contribution in [0, 0.1) is 12.7 Å². The van der Waals surface area contributed by atoms with Crippen molar-refractivity contribution >= 4 is 23.4 Å². The second kappa shape index (κ2) is 8.22. The molecular formula is C21H21FN6O. The Morgan fingerprint density at radius 1 is 1.00 bits per heavy atom. The Balaban J connectivity index is 1.35. The van der Waals surface area contributed by atoms with Gasteiger partial charge >= 0.3 is 0 Å². The lowest BCUT2D eigenvalue weighted by molar-refractivity contribution is 0.0746. The van der Waals surface area contributed by atoms with Gasteiger partial charge in [0.2, 0.25) is 0 Å². The second-order valence-corrected chi connectivity index (χ2v) is 6.91. The van der Waals surface area contributed by atoms with Gasteiger partial charge in [-0.3, -0.25) is 4.79 Å². The van der Waals surface area contributed by atoms with Crippen molar-refractivity contribution in [2.24, 2.45) is 0 Å². The van der Waals surface area contributed by atoms with Gasteiger partial charge in [-0.1, -0.05) is 12.1 Å². The molecule has 1 saturated heterocycles. The van der Waals surface area contributed by atoms with Crippen molar-refractivity contribution in [3.8, 4) is 0 Å². The summed E-state index contributed by atoms with van der Waals surface area (Å²) < 4.78 is 13.4. The molecule has 3 aromatic rings. The number of nitrogens with one attached hydrogen (secondary N) is 1. The topological polar surface area (TPSA) is 74.2 Å². The van der Waals surface area contributed by atoms with Crippen LogP contribution in [0.4, 0.5) is 21.8 Å². The van der Waals surface area contributed by atoms with Crippen LogP contribution in [0.25, 0.3) is 0 Å². The first-order chi connectivity index (χ1) is 14.1. The lowest BCUT2D eigenvalue weighted by Gasteiger charge is -2.35. The number of aryl methyl sites for hydroxylation is 1. The number of carbonyl (C=O) groups excluding carboxylic acids is 1. The van der Waals surface area contributed by atoms with E-state index in [9.17, 15) is 9.18 Å². The molecule has 1 amide bonds. The minimum Gasteiger partial charge on any atom is -0.352 e. The number of amides is 1. The zero-order valence-electron chi connectivity index (χ0n) is 16.0. The average molecular weight is 392 g/mol. The van der Waals surface area contributed by atoms with Gasteiger partial charge in [0.25, 0.3) is 5.91 Å². The van der Waals surface area contributed by atoms with Gasteiger partial charge in [-0.05, 0) is 48.9 Å². The molecule has 1 N–H and O–H groups in total. The normalized spacial score (nSPS) is 14.0. The Morgan fingerprint density at radius 3 is 2.45 bits per heavy atom. The van der Waals surface area contributed by atoms with E-state index in [2.05, 4.69) is 25.4 Å². The van der Waals surface area contributed by atoms with Crippen LogP contribution in [-0.4, -0.2) is 52.2 Å². The summed E-state index contributed by atoms with van der Waals surface area (Å²) in [5, 5.41) is 11.6. The number of pyridine rings is 1. The summed E-state index contributed by atoms with van der Waals surface area (Å²) in [4.78, 5) is 20.6. The molecular weight excluding hydrogens is 371 g/mol. The number of carbonyl (C=O) groups is 1. The number of halogens is 1. The van der Waals surface area contributed by atoms with E-state index in [-0.39, 0.29) is 5.91 Å². The van der Waals surface area contributed by atoms with Gasteiger partial charge in [-0.15, -0.1) is 10.2 Å². The molecule has 8 heteroatoms. The smallest absolute Gasteiger partial charge is 0.254 e. The maximum Gasteiger partial charge on any atom is 0.254 e. The van der Waals surface area contributed by atoms with E-state index in [1.54, 1.807) is 23.2 Å². The van der Waals surface area contributed by atoms with E-state index in [0.29, 0.717) is 43.4 Å².